The van der Waals surface area contributed by atoms with Gasteiger partial charge in [-0.15, -0.1) is 0 Å². The summed E-state index contributed by atoms with van der Waals surface area (Å²) >= 11 is 0. The highest BCUT2D eigenvalue weighted by atomic mass is 19.4. The van der Waals surface area contributed by atoms with Gasteiger partial charge in [-0.3, -0.25) is 14.7 Å². The normalized spacial score (nSPS) is 24.7. The lowest BCUT2D eigenvalue weighted by Crippen LogP contribution is -2.77. The van der Waals surface area contributed by atoms with Gasteiger partial charge in [0.1, 0.15) is 11.6 Å². The van der Waals surface area contributed by atoms with Crippen LogP contribution in [0.15, 0.2) is 53.5 Å². The summed E-state index contributed by atoms with van der Waals surface area (Å²) in [6.45, 7) is 8.30. The standard InChI is InChI=1S/C22H29F3N4O2.C8H10.CO2/c1-19(2)16(17(31)26-9-8-22(23,24)25)27-18(28-19)20-11-21(12-20,13-20)29(3)10-14-4-6-15(30)7-5-14;1-7-5-3-4-6-8(7)2;2-1-3/h4-7,16,30H,8-13H2,1-3H3,(H,26,31)(H,27,28);3-6H,1-2H3;/t16-,20?,21?;;/m0../s1. The molecule has 1 amide bonds. The third-order valence-electron chi connectivity index (χ3n) is 8.43. The summed E-state index contributed by atoms with van der Waals surface area (Å²) in [5.74, 6) is 0.594. The SMILES string of the molecule is CN(Cc1ccc(O)cc1)C12CC(C3=N[C@@H](C(=O)NCCC(F)(F)F)C(C)(C)N3)(C1)C2.Cc1ccccc1C.O=C=O. The summed E-state index contributed by atoms with van der Waals surface area (Å²) < 4.78 is 37.1. The Kier molecular flexibility index (Phi) is 9.90. The Balaban J connectivity index is 0.000000372. The maximum absolute atomic E-state index is 12.5. The summed E-state index contributed by atoms with van der Waals surface area (Å²) in [7, 11) is 2.10. The predicted octanol–water partition coefficient (Wildman–Crippen LogP) is 4.68. The van der Waals surface area contributed by atoms with Crippen molar-refractivity contribution in [1.82, 2.24) is 15.5 Å². The molecule has 0 radical (unpaired) electrons. The summed E-state index contributed by atoms with van der Waals surface area (Å²) in [5, 5.41) is 15.2. The van der Waals surface area contributed by atoms with Crippen molar-refractivity contribution in [1.29, 1.82) is 0 Å². The average molecular weight is 589 g/mol. The van der Waals surface area contributed by atoms with Crippen LogP contribution < -0.4 is 10.6 Å². The van der Waals surface area contributed by atoms with E-state index in [-0.39, 0.29) is 22.9 Å². The van der Waals surface area contributed by atoms with Gasteiger partial charge in [-0.2, -0.15) is 22.8 Å². The molecule has 3 saturated carbocycles. The molecule has 8 nitrogen and oxygen atoms in total. The third kappa shape index (κ3) is 7.57. The number of phenolic OH excluding ortho intramolecular Hbond substituents is 1. The number of phenols is 1. The van der Waals surface area contributed by atoms with Gasteiger partial charge in [0.2, 0.25) is 5.91 Å². The zero-order valence-corrected chi connectivity index (χ0v) is 24.6. The van der Waals surface area contributed by atoms with Crippen LogP contribution in [0.3, 0.4) is 0 Å². The number of amides is 1. The topological polar surface area (TPSA) is 111 Å². The quantitative estimate of drug-likeness (QED) is 0.433. The molecule has 1 aliphatic heterocycles. The Morgan fingerprint density at radius 2 is 1.60 bits per heavy atom. The van der Waals surface area contributed by atoms with Gasteiger partial charge in [0.25, 0.3) is 0 Å². The van der Waals surface area contributed by atoms with Crippen molar-refractivity contribution >= 4 is 17.9 Å². The highest BCUT2D eigenvalue weighted by Gasteiger charge is 2.72. The molecule has 6 rings (SSSR count). The van der Waals surface area contributed by atoms with Crippen LogP contribution in [0.1, 0.15) is 56.2 Å². The number of aliphatic imine (C=N–C) groups is 1. The van der Waals surface area contributed by atoms with E-state index >= 15 is 0 Å². The molecule has 3 N–H and O–H groups in total. The molecule has 42 heavy (non-hydrogen) atoms. The van der Waals surface area contributed by atoms with Gasteiger partial charge in [-0.05, 0) is 82.8 Å². The molecule has 3 fully saturated rings. The van der Waals surface area contributed by atoms with Crippen LogP contribution in [0.4, 0.5) is 13.2 Å². The average Bonchev–Trinajstić information content (AvgIpc) is 3.15. The van der Waals surface area contributed by atoms with E-state index in [2.05, 4.69) is 65.7 Å². The fourth-order valence-corrected chi connectivity index (χ4v) is 5.87. The van der Waals surface area contributed by atoms with Gasteiger partial charge in [0.15, 0.2) is 6.04 Å². The maximum atomic E-state index is 12.5. The van der Waals surface area contributed by atoms with Gasteiger partial charge >= 0.3 is 12.3 Å². The minimum Gasteiger partial charge on any atom is -0.508 e. The molecule has 228 valence electrons. The molecule has 0 aromatic heterocycles. The molecule has 1 atom stereocenters. The first-order chi connectivity index (χ1) is 19.6. The Bertz CT molecular complexity index is 1280. The predicted molar refractivity (Wildman–Crippen MR) is 152 cm³/mol. The molecule has 2 aromatic carbocycles. The molecule has 11 heteroatoms. The largest absolute Gasteiger partial charge is 0.508 e. The van der Waals surface area contributed by atoms with Crippen LogP contribution in [0, 0.1) is 19.3 Å². The van der Waals surface area contributed by atoms with Crippen molar-refractivity contribution in [3.63, 3.8) is 0 Å². The lowest BCUT2D eigenvalue weighted by atomic mass is 9.38. The molecule has 2 aromatic rings. The van der Waals surface area contributed by atoms with E-state index in [0.29, 0.717) is 0 Å². The summed E-state index contributed by atoms with van der Waals surface area (Å²) in [5.41, 5.74) is 3.27. The third-order valence-corrected chi connectivity index (χ3v) is 8.43. The highest BCUT2D eigenvalue weighted by Crippen LogP contribution is 2.70. The second-order valence-electron chi connectivity index (χ2n) is 12.1. The zero-order valence-electron chi connectivity index (χ0n) is 24.6. The molecule has 0 saturated heterocycles. The van der Waals surface area contributed by atoms with E-state index in [1.165, 1.54) is 11.1 Å². The number of alkyl halides is 3. The number of nitrogens with zero attached hydrogens (tertiary/aromatic N) is 2. The van der Waals surface area contributed by atoms with Crippen LogP contribution in [0.2, 0.25) is 0 Å². The Labute approximate surface area is 244 Å². The monoisotopic (exact) mass is 588 g/mol. The number of aromatic hydroxyl groups is 1. The molecule has 0 spiro atoms. The molecular weight excluding hydrogens is 549 g/mol. The molecule has 4 aliphatic rings. The number of benzene rings is 2. The molecule has 0 unspecified atom stereocenters. The minimum absolute atomic E-state index is 0.0680. The number of halogens is 3. The van der Waals surface area contributed by atoms with Gasteiger partial charge in [0, 0.05) is 24.0 Å². The van der Waals surface area contributed by atoms with Crippen molar-refractivity contribution in [2.24, 2.45) is 10.4 Å². The van der Waals surface area contributed by atoms with Gasteiger partial charge < -0.3 is 15.7 Å². The van der Waals surface area contributed by atoms with E-state index in [4.69, 9.17) is 9.59 Å². The fourth-order valence-electron chi connectivity index (χ4n) is 5.87. The van der Waals surface area contributed by atoms with E-state index < -0.39 is 36.6 Å². The number of hydrogen-bond acceptors (Lipinski definition) is 7. The van der Waals surface area contributed by atoms with Crippen LogP contribution in [0.5, 0.6) is 5.75 Å². The van der Waals surface area contributed by atoms with Crippen LogP contribution in [0.25, 0.3) is 0 Å². The van der Waals surface area contributed by atoms with Gasteiger partial charge in [0.05, 0.1) is 12.0 Å². The van der Waals surface area contributed by atoms with Crippen molar-refractivity contribution < 1.29 is 32.7 Å². The van der Waals surface area contributed by atoms with Crippen molar-refractivity contribution in [2.45, 2.75) is 83.2 Å². The highest BCUT2D eigenvalue weighted by molar-refractivity contribution is 5.98. The van der Waals surface area contributed by atoms with Crippen molar-refractivity contribution in [3.05, 3.63) is 65.2 Å². The zero-order chi connectivity index (χ0) is 31.3. The smallest absolute Gasteiger partial charge is 0.390 e. The first kappa shape index (κ1) is 32.8. The minimum atomic E-state index is -4.29. The summed E-state index contributed by atoms with van der Waals surface area (Å²) in [6.07, 6.45) is -2.26. The van der Waals surface area contributed by atoms with Crippen LogP contribution in [-0.4, -0.2) is 64.8 Å². The molecule has 1 heterocycles. The van der Waals surface area contributed by atoms with Crippen molar-refractivity contribution in [2.75, 3.05) is 13.6 Å². The summed E-state index contributed by atoms with van der Waals surface area (Å²) in [6, 6.07) is 14.8. The number of amidine groups is 1. The molecule has 2 bridgehead atoms. The fraction of sp³-hybridized carbons (Fsp3) is 0.516. The first-order valence-corrected chi connectivity index (χ1v) is 13.8. The van der Waals surface area contributed by atoms with Crippen LogP contribution in [-0.2, 0) is 20.9 Å². The number of nitrogens with one attached hydrogen (secondary N) is 2. The second kappa shape index (κ2) is 12.7. The van der Waals surface area contributed by atoms with Crippen molar-refractivity contribution in [3.8, 4) is 5.75 Å². The number of hydrogen-bond donors (Lipinski definition) is 3. The Morgan fingerprint density at radius 1 is 1.07 bits per heavy atom. The van der Waals surface area contributed by atoms with E-state index in [0.717, 1.165) is 37.2 Å². The van der Waals surface area contributed by atoms with E-state index in [9.17, 15) is 23.1 Å². The Morgan fingerprint density at radius 3 is 2.07 bits per heavy atom. The lowest BCUT2D eigenvalue weighted by Gasteiger charge is -2.73. The first-order valence-electron chi connectivity index (χ1n) is 13.8. The summed E-state index contributed by atoms with van der Waals surface area (Å²) in [4.78, 5) is 35.7. The lowest BCUT2D eigenvalue weighted by molar-refractivity contribution is -0.191. The number of aryl methyl sites for hydroxylation is 2. The van der Waals surface area contributed by atoms with E-state index in [1.807, 2.05) is 26.0 Å². The van der Waals surface area contributed by atoms with E-state index in [1.54, 1.807) is 12.1 Å². The Hall–Kier alpha value is -3.69. The number of rotatable bonds is 7. The number of carbonyl (C=O) groups excluding carboxylic acids is 3. The van der Waals surface area contributed by atoms with Crippen LogP contribution >= 0.6 is 0 Å². The second-order valence-corrected chi connectivity index (χ2v) is 12.1. The van der Waals surface area contributed by atoms with Gasteiger partial charge in [-0.25, -0.2) is 0 Å². The maximum Gasteiger partial charge on any atom is 0.390 e. The number of carbonyl (C=O) groups is 1. The van der Waals surface area contributed by atoms with Gasteiger partial charge in [-0.1, -0.05) is 36.4 Å². The molecular formula is C31H39F3N4O4. The molecule has 3 aliphatic carbocycles.